The van der Waals surface area contributed by atoms with E-state index in [4.69, 9.17) is 15.2 Å². The van der Waals surface area contributed by atoms with Crippen molar-refractivity contribution in [3.63, 3.8) is 0 Å². The lowest BCUT2D eigenvalue weighted by Gasteiger charge is -2.29. The number of benzene rings is 1. The molecule has 4 N–H and O–H groups in total. The standard InChI is InChI=1S/C15H16N4S.C4H4O4/c1-2-11-8-17-12-9-20-10-13(12)18-15(11)14(3-1)19-6-4-16-5-7-19;5-3(6)1-2-4(7)8/h1-3,8-10,16-17H,4-7H2;1-2H,(H,5,6)(H,7,8). The molecule has 0 bridgehead atoms. The molecule has 1 aromatic carbocycles. The molecule has 0 saturated carbocycles. The fourth-order valence-electron chi connectivity index (χ4n) is 2.85. The number of para-hydroxylation sites is 1. The zero-order chi connectivity index (χ0) is 19.9. The fraction of sp³-hybridized carbons (Fsp3) is 0.211. The van der Waals surface area contributed by atoms with Crippen LogP contribution < -0.4 is 26.1 Å². The number of anilines is 2. The van der Waals surface area contributed by atoms with Crippen LogP contribution in [0, 0.1) is 0 Å². The van der Waals surface area contributed by atoms with Crippen LogP contribution in [0.2, 0.25) is 0 Å². The second-order valence-corrected chi connectivity index (χ2v) is 6.78. The van der Waals surface area contributed by atoms with Crippen molar-refractivity contribution in [1.29, 1.82) is 0 Å². The van der Waals surface area contributed by atoms with Crippen molar-refractivity contribution in [2.75, 3.05) is 36.4 Å². The molecule has 0 spiro atoms. The van der Waals surface area contributed by atoms with Gasteiger partial charge in [-0.25, -0.2) is 14.6 Å². The number of rotatable bonds is 3. The van der Waals surface area contributed by atoms with Gasteiger partial charge in [-0.15, -0.1) is 11.3 Å². The largest absolute Gasteiger partial charge is 0.478 e. The Morgan fingerprint density at radius 2 is 1.82 bits per heavy atom. The Balaban J connectivity index is 0.000000242. The van der Waals surface area contributed by atoms with Crippen LogP contribution in [-0.4, -0.2) is 48.3 Å². The van der Waals surface area contributed by atoms with Crippen LogP contribution in [0.4, 0.5) is 17.1 Å². The van der Waals surface area contributed by atoms with Gasteiger partial charge in [-0.2, -0.15) is 0 Å². The highest BCUT2D eigenvalue weighted by atomic mass is 32.1. The summed E-state index contributed by atoms with van der Waals surface area (Å²) in [6, 6.07) is 6.41. The summed E-state index contributed by atoms with van der Waals surface area (Å²) in [5.74, 6) is -2.51. The summed E-state index contributed by atoms with van der Waals surface area (Å²) in [6.45, 7) is 4.15. The molecule has 1 aromatic heterocycles. The monoisotopic (exact) mass is 400 g/mol. The minimum Gasteiger partial charge on any atom is -0.478 e. The molecule has 0 atom stereocenters. The second-order valence-electron chi connectivity index (χ2n) is 6.03. The number of nitrogens with one attached hydrogen (secondary N) is 2. The molecule has 28 heavy (non-hydrogen) atoms. The molecule has 0 amide bonds. The van der Waals surface area contributed by atoms with Gasteiger partial charge in [0.15, 0.2) is 0 Å². The van der Waals surface area contributed by atoms with E-state index in [0.717, 1.165) is 48.1 Å². The fourth-order valence-corrected chi connectivity index (χ4v) is 3.55. The minimum atomic E-state index is -1.26. The van der Waals surface area contributed by atoms with Gasteiger partial charge in [0.05, 0.1) is 22.4 Å². The van der Waals surface area contributed by atoms with E-state index in [9.17, 15) is 9.59 Å². The Labute approximate surface area is 165 Å². The van der Waals surface area contributed by atoms with Crippen LogP contribution in [0.15, 0.2) is 46.1 Å². The maximum Gasteiger partial charge on any atom is 0.328 e. The molecule has 146 valence electrons. The first-order valence-electron chi connectivity index (χ1n) is 8.65. The molecule has 1 saturated heterocycles. The molecule has 3 heterocycles. The highest BCUT2D eigenvalue weighted by Gasteiger charge is 2.14. The van der Waals surface area contributed by atoms with Crippen molar-refractivity contribution in [3.8, 4) is 0 Å². The number of carboxylic acid groups (broad SMARTS) is 2. The number of fused-ring (bicyclic) bond motifs is 2. The van der Waals surface area contributed by atoms with Crippen LogP contribution in [-0.2, 0) is 9.59 Å². The predicted octanol–water partition coefficient (Wildman–Crippen LogP) is 0.984. The van der Waals surface area contributed by atoms with Gasteiger partial charge in [-0.1, -0.05) is 12.1 Å². The third kappa shape index (κ3) is 4.96. The molecular weight excluding hydrogens is 380 g/mol. The molecule has 2 aliphatic rings. The van der Waals surface area contributed by atoms with E-state index >= 15 is 0 Å². The third-order valence-electron chi connectivity index (χ3n) is 4.13. The van der Waals surface area contributed by atoms with E-state index in [1.54, 1.807) is 11.3 Å². The number of aliphatic carboxylic acids is 2. The van der Waals surface area contributed by atoms with Crippen molar-refractivity contribution in [2.45, 2.75) is 0 Å². The lowest BCUT2D eigenvalue weighted by molar-refractivity contribution is -0.134. The summed E-state index contributed by atoms with van der Waals surface area (Å²) in [4.78, 5) is 26.4. The van der Waals surface area contributed by atoms with E-state index in [0.29, 0.717) is 12.2 Å². The van der Waals surface area contributed by atoms with Gasteiger partial charge in [-0.05, 0) is 6.07 Å². The Bertz CT molecular complexity index is 993. The molecule has 8 nitrogen and oxygen atoms in total. The van der Waals surface area contributed by atoms with Gasteiger partial charge in [0.25, 0.3) is 0 Å². The predicted molar refractivity (Wildman–Crippen MR) is 109 cm³/mol. The molecular formula is C19H20N4O4S. The van der Waals surface area contributed by atoms with E-state index in [1.165, 1.54) is 5.69 Å². The molecule has 9 heteroatoms. The maximum absolute atomic E-state index is 9.55. The Morgan fingerprint density at radius 3 is 2.50 bits per heavy atom. The summed E-state index contributed by atoms with van der Waals surface area (Å²) in [5.41, 5.74) is 3.37. The van der Waals surface area contributed by atoms with Crippen molar-refractivity contribution < 1.29 is 19.8 Å². The maximum atomic E-state index is 9.55. The second kappa shape index (κ2) is 9.16. The Hall–Kier alpha value is -3.17. The molecule has 1 fully saturated rings. The average molecular weight is 400 g/mol. The van der Waals surface area contributed by atoms with Gasteiger partial charge in [0, 0.05) is 60.5 Å². The van der Waals surface area contributed by atoms with Crippen LogP contribution in [0.25, 0.3) is 6.20 Å². The summed E-state index contributed by atoms with van der Waals surface area (Å²) in [6.07, 6.45) is 3.17. The Morgan fingerprint density at radius 1 is 1.11 bits per heavy atom. The first-order valence-corrected chi connectivity index (χ1v) is 9.59. The summed E-state index contributed by atoms with van der Waals surface area (Å²) < 4.78 is 0. The van der Waals surface area contributed by atoms with Crippen LogP contribution in [0.3, 0.4) is 0 Å². The van der Waals surface area contributed by atoms with Crippen molar-refractivity contribution >= 4 is 46.5 Å². The van der Waals surface area contributed by atoms with Crippen LogP contribution >= 0.6 is 11.3 Å². The number of piperazine rings is 1. The van der Waals surface area contributed by atoms with Crippen molar-refractivity contribution in [1.82, 2.24) is 5.32 Å². The van der Waals surface area contributed by atoms with Gasteiger partial charge in [0.1, 0.15) is 0 Å². The van der Waals surface area contributed by atoms with Crippen molar-refractivity contribution in [2.24, 2.45) is 4.99 Å². The van der Waals surface area contributed by atoms with E-state index < -0.39 is 11.9 Å². The van der Waals surface area contributed by atoms with E-state index in [1.807, 2.05) is 0 Å². The van der Waals surface area contributed by atoms with Gasteiger partial charge in [0.2, 0.25) is 0 Å². The Kier molecular flexibility index (Phi) is 6.41. The summed E-state index contributed by atoms with van der Waals surface area (Å²) in [7, 11) is 0. The topological polar surface area (TPSA) is 114 Å². The lowest BCUT2D eigenvalue weighted by Crippen LogP contribution is -2.46. The smallest absolute Gasteiger partial charge is 0.328 e. The first kappa shape index (κ1) is 19.6. The van der Waals surface area contributed by atoms with E-state index in [-0.39, 0.29) is 0 Å². The lowest BCUT2D eigenvalue weighted by atomic mass is 10.2. The average Bonchev–Trinajstić information content (AvgIpc) is 3.06. The summed E-state index contributed by atoms with van der Waals surface area (Å²) in [5, 5.41) is 28.8. The number of hydrogen-bond acceptors (Lipinski definition) is 7. The van der Waals surface area contributed by atoms with Gasteiger partial charge >= 0.3 is 11.9 Å². The van der Waals surface area contributed by atoms with E-state index in [2.05, 4.69) is 50.7 Å². The van der Waals surface area contributed by atoms with Gasteiger partial charge < -0.3 is 25.7 Å². The number of thiophene rings is 1. The zero-order valence-electron chi connectivity index (χ0n) is 15.0. The molecule has 0 radical (unpaired) electrons. The van der Waals surface area contributed by atoms with Crippen LogP contribution in [0.5, 0.6) is 0 Å². The molecule has 0 unspecified atom stereocenters. The highest BCUT2D eigenvalue weighted by Crippen LogP contribution is 2.29. The quantitative estimate of drug-likeness (QED) is 0.568. The number of carbonyl (C=O) groups is 2. The molecule has 0 aliphatic carbocycles. The number of nitrogens with zero attached hydrogens (tertiary/aromatic N) is 2. The number of hydrogen-bond donors (Lipinski definition) is 4. The molecule has 2 aromatic rings. The SMILES string of the molecule is C1=c2cccc(N3CCNCC3)c2=Nc2cscc2N1.O=C(O)C=CC(=O)O. The molecule has 2 aliphatic heterocycles. The van der Waals surface area contributed by atoms with Crippen molar-refractivity contribution in [3.05, 3.63) is 51.7 Å². The molecule has 4 rings (SSSR count). The number of carboxylic acids is 2. The highest BCUT2D eigenvalue weighted by molar-refractivity contribution is 7.08. The normalized spacial score (nSPS) is 14.9. The first-order chi connectivity index (χ1) is 13.5. The zero-order valence-corrected chi connectivity index (χ0v) is 15.8. The third-order valence-corrected chi connectivity index (χ3v) is 4.86. The minimum absolute atomic E-state index is 0.558. The summed E-state index contributed by atoms with van der Waals surface area (Å²) >= 11 is 1.68. The van der Waals surface area contributed by atoms with Crippen LogP contribution in [0.1, 0.15) is 0 Å². The van der Waals surface area contributed by atoms with Gasteiger partial charge in [-0.3, -0.25) is 0 Å².